The minimum absolute atomic E-state index is 0.0469. The van der Waals surface area contributed by atoms with Gasteiger partial charge in [-0.1, -0.05) is 13.8 Å². The highest BCUT2D eigenvalue weighted by Crippen LogP contribution is 2.29. The van der Waals surface area contributed by atoms with Crippen LogP contribution >= 0.6 is 0 Å². The summed E-state index contributed by atoms with van der Waals surface area (Å²) in [6.45, 7) is 10.7. The average Bonchev–Trinajstić information content (AvgIpc) is 2.53. The zero-order valence-electron chi connectivity index (χ0n) is 14.1. The molecule has 0 unspecified atom stereocenters. The van der Waals surface area contributed by atoms with Gasteiger partial charge in [-0.25, -0.2) is 0 Å². The number of hydrogen-bond acceptors (Lipinski definition) is 6. The fourth-order valence-corrected chi connectivity index (χ4v) is 2.94. The molecule has 1 heterocycles. The quantitative estimate of drug-likeness (QED) is 0.490. The molecule has 0 bridgehead atoms. The summed E-state index contributed by atoms with van der Waals surface area (Å²) in [5.41, 5.74) is 6.89. The Balaban J connectivity index is 2.13. The van der Waals surface area contributed by atoms with Gasteiger partial charge in [0.1, 0.15) is 5.69 Å². The molecule has 128 valence electrons. The van der Waals surface area contributed by atoms with Gasteiger partial charge in [-0.2, -0.15) is 0 Å². The Hall–Kier alpha value is -1.86. The molecule has 0 spiro atoms. The molecular formula is C16H26N4O3. The van der Waals surface area contributed by atoms with Gasteiger partial charge < -0.3 is 20.3 Å². The van der Waals surface area contributed by atoms with Crippen molar-refractivity contribution in [2.45, 2.75) is 32.9 Å². The maximum atomic E-state index is 10.9. The first-order valence-corrected chi connectivity index (χ1v) is 8.10. The van der Waals surface area contributed by atoms with Crippen LogP contribution in [0.3, 0.4) is 0 Å². The molecule has 0 saturated carbocycles. The smallest absolute Gasteiger partial charge is 0.292 e. The van der Waals surface area contributed by atoms with Crippen molar-refractivity contribution in [1.82, 2.24) is 4.90 Å². The standard InChI is InChI=1S/C16H26N4O3/c1-4-18(5-2)9-14-10-19(12(3)11-23-14)13-6-7-16(20(21)22)15(17)8-13/h6-8,12,14H,4-5,9-11,17H2,1-3H3/t12-,14+/m0/s1. The Morgan fingerprint density at radius 1 is 1.43 bits per heavy atom. The van der Waals surface area contributed by atoms with Crippen LogP contribution in [0.2, 0.25) is 0 Å². The summed E-state index contributed by atoms with van der Waals surface area (Å²) in [6, 6.07) is 5.15. The molecule has 1 aromatic carbocycles. The Labute approximate surface area is 137 Å². The van der Waals surface area contributed by atoms with Crippen molar-refractivity contribution in [2.24, 2.45) is 0 Å². The lowest BCUT2D eigenvalue weighted by atomic mass is 10.1. The maximum Gasteiger partial charge on any atom is 0.292 e. The highest BCUT2D eigenvalue weighted by molar-refractivity contribution is 5.67. The summed E-state index contributed by atoms with van der Waals surface area (Å²) >= 11 is 0. The first kappa shape index (κ1) is 17.5. The van der Waals surface area contributed by atoms with Gasteiger partial charge in [0.2, 0.25) is 0 Å². The molecule has 1 aromatic rings. The second kappa shape index (κ2) is 7.61. The number of likely N-dealkylation sites (N-methyl/N-ethyl adjacent to an activating group) is 1. The molecule has 23 heavy (non-hydrogen) atoms. The highest BCUT2D eigenvalue weighted by atomic mass is 16.6. The van der Waals surface area contributed by atoms with E-state index >= 15 is 0 Å². The molecule has 7 nitrogen and oxygen atoms in total. The molecule has 7 heteroatoms. The number of morpholine rings is 1. The molecule has 0 radical (unpaired) electrons. The van der Waals surface area contributed by atoms with Crippen LogP contribution in [0.15, 0.2) is 18.2 Å². The number of nitro groups is 1. The molecular weight excluding hydrogens is 296 g/mol. The highest BCUT2D eigenvalue weighted by Gasteiger charge is 2.28. The predicted molar refractivity (Wildman–Crippen MR) is 91.8 cm³/mol. The lowest BCUT2D eigenvalue weighted by molar-refractivity contribution is -0.383. The number of benzene rings is 1. The Morgan fingerprint density at radius 3 is 2.70 bits per heavy atom. The molecule has 1 saturated heterocycles. The number of anilines is 2. The second-order valence-corrected chi connectivity index (χ2v) is 5.94. The molecule has 1 fully saturated rings. The van der Waals surface area contributed by atoms with Gasteiger partial charge >= 0.3 is 0 Å². The summed E-state index contributed by atoms with van der Waals surface area (Å²) < 4.78 is 5.95. The average molecular weight is 322 g/mol. The number of hydrogen-bond donors (Lipinski definition) is 1. The fourth-order valence-electron chi connectivity index (χ4n) is 2.94. The number of nitrogens with zero attached hydrogens (tertiary/aromatic N) is 3. The van der Waals surface area contributed by atoms with E-state index in [0.29, 0.717) is 6.61 Å². The van der Waals surface area contributed by atoms with E-state index in [1.54, 1.807) is 12.1 Å². The largest absolute Gasteiger partial charge is 0.393 e. The van der Waals surface area contributed by atoms with Gasteiger partial charge in [-0.3, -0.25) is 10.1 Å². The van der Waals surface area contributed by atoms with Crippen LogP contribution in [0.1, 0.15) is 20.8 Å². The van der Waals surface area contributed by atoms with Gasteiger partial charge in [0.05, 0.1) is 17.6 Å². The Bertz CT molecular complexity index is 548. The van der Waals surface area contributed by atoms with Crippen molar-refractivity contribution in [1.29, 1.82) is 0 Å². The van der Waals surface area contributed by atoms with Crippen molar-refractivity contribution in [3.63, 3.8) is 0 Å². The second-order valence-electron chi connectivity index (χ2n) is 5.94. The first-order valence-electron chi connectivity index (χ1n) is 8.10. The van der Waals surface area contributed by atoms with Crippen molar-refractivity contribution >= 4 is 17.1 Å². The third-order valence-electron chi connectivity index (χ3n) is 4.40. The summed E-state index contributed by atoms with van der Waals surface area (Å²) in [6.07, 6.45) is 0.127. The topological polar surface area (TPSA) is 84.9 Å². The van der Waals surface area contributed by atoms with Gasteiger partial charge in [-0.05, 0) is 32.1 Å². The minimum atomic E-state index is -0.453. The number of ether oxygens (including phenoxy) is 1. The normalized spacial score (nSPS) is 21.7. The number of rotatable bonds is 6. The predicted octanol–water partition coefficient (Wildman–Crippen LogP) is 2.11. The van der Waals surface area contributed by atoms with E-state index in [4.69, 9.17) is 10.5 Å². The molecule has 0 aliphatic carbocycles. The first-order chi connectivity index (χ1) is 11.0. The van der Waals surface area contributed by atoms with Crippen LogP contribution in [-0.2, 0) is 4.74 Å². The monoisotopic (exact) mass is 322 g/mol. The van der Waals surface area contributed by atoms with Crippen LogP contribution in [0, 0.1) is 10.1 Å². The molecule has 1 aliphatic heterocycles. The van der Waals surface area contributed by atoms with E-state index in [0.717, 1.165) is 31.9 Å². The van der Waals surface area contributed by atoms with Gasteiger partial charge in [0, 0.05) is 30.9 Å². The number of nitrogens with two attached hydrogens (primary N) is 1. The van der Waals surface area contributed by atoms with Gasteiger partial charge in [-0.15, -0.1) is 0 Å². The van der Waals surface area contributed by atoms with E-state index in [2.05, 4.69) is 30.6 Å². The molecule has 2 N–H and O–H groups in total. The minimum Gasteiger partial charge on any atom is -0.393 e. The van der Waals surface area contributed by atoms with Gasteiger partial charge in [0.15, 0.2) is 0 Å². The lowest BCUT2D eigenvalue weighted by Gasteiger charge is -2.41. The van der Waals surface area contributed by atoms with E-state index < -0.39 is 4.92 Å². The number of nitrogen functional groups attached to an aromatic ring is 1. The van der Waals surface area contributed by atoms with Crippen molar-refractivity contribution in [2.75, 3.05) is 43.4 Å². The van der Waals surface area contributed by atoms with E-state index in [1.165, 1.54) is 6.07 Å². The fraction of sp³-hybridized carbons (Fsp3) is 0.625. The van der Waals surface area contributed by atoms with Crippen LogP contribution in [-0.4, -0.2) is 54.8 Å². The lowest BCUT2D eigenvalue weighted by Crippen LogP contribution is -2.52. The van der Waals surface area contributed by atoms with Crippen LogP contribution in [0.4, 0.5) is 17.1 Å². The summed E-state index contributed by atoms with van der Waals surface area (Å²) in [5, 5.41) is 10.9. The third kappa shape index (κ3) is 4.11. The van der Waals surface area contributed by atoms with Crippen LogP contribution in [0.25, 0.3) is 0 Å². The van der Waals surface area contributed by atoms with E-state index in [9.17, 15) is 10.1 Å². The molecule has 2 rings (SSSR count). The summed E-state index contributed by atoms with van der Waals surface area (Å²) in [5.74, 6) is 0. The van der Waals surface area contributed by atoms with Crippen molar-refractivity contribution in [3.8, 4) is 0 Å². The SMILES string of the molecule is CCN(CC)C[C@@H]1CN(c2ccc([N+](=O)[O-])c(N)c2)[C@@H](C)CO1. The third-order valence-corrected chi connectivity index (χ3v) is 4.40. The van der Waals surface area contributed by atoms with E-state index in [1.807, 2.05) is 0 Å². The van der Waals surface area contributed by atoms with Crippen molar-refractivity contribution in [3.05, 3.63) is 28.3 Å². The Morgan fingerprint density at radius 2 is 2.13 bits per heavy atom. The summed E-state index contributed by atoms with van der Waals surface area (Å²) in [4.78, 5) is 15.0. The molecule has 0 amide bonds. The zero-order chi connectivity index (χ0) is 17.0. The van der Waals surface area contributed by atoms with E-state index in [-0.39, 0.29) is 23.5 Å². The molecule has 0 aromatic heterocycles. The number of nitro benzene ring substituents is 1. The van der Waals surface area contributed by atoms with Gasteiger partial charge in [0.25, 0.3) is 5.69 Å². The summed E-state index contributed by atoms with van der Waals surface area (Å²) in [7, 11) is 0. The molecule has 2 atom stereocenters. The van der Waals surface area contributed by atoms with Crippen molar-refractivity contribution < 1.29 is 9.66 Å². The molecule has 1 aliphatic rings. The van der Waals surface area contributed by atoms with Crippen LogP contribution < -0.4 is 10.6 Å². The Kier molecular flexibility index (Phi) is 5.79. The maximum absolute atomic E-state index is 10.9. The zero-order valence-corrected chi connectivity index (χ0v) is 14.1. The van der Waals surface area contributed by atoms with Crippen LogP contribution in [0.5, 0.6) is 0 Å².